The number of nitrogens with zero attached hydrogens (tertiary/aromatic N) is 4. The van der Waals surface area contributed by atoms with Crippen molar-refractivity contribution in [3.63, 3.8) is 0 Å². The SMILES string of the molecule is O=C(CN1CCC[C@H](c2cncc(-c3cccc(C(F)(F)F)c3)n2)C1)N1CCCCC1. The molecular formula is C23H27F3N4O. The monoisotopic (exact) mass is 432 g/mol. The summed E-state index contributed by atoms with van der Waals surface area (Å²) < 4.78 is 39.2. The molecule has 4 rings (SSSR count). The van der Waals surface area contributed by atoms with Gasteiger partial charge in [-0.25, -0.2) is 4.98 Å². The van der Waals surface area contributed by atoms with Crippen molar-refractivity contribution >= 4 is 5.91 Å². The van der Waals surface area contributed by atoms with E-state index in [1.807, 2.05) is 4.90 Å². The van der Waals surface area contributed by atoms with Gasteiger partial charge in [0.25, 0.3) is 0 Å². The van der Waals surface area contributed by atoms with Crippen LogP contribution in [-0.4, -0.2) is 58.4 Å². The average Bonchev–Trinajstić information content (AvgIpc) is 2.79. The number of hydrogen-bond acceptors (Lipinski definition) is 4. The van der Waals surface area contributed by atoms with Crippen molar-refractivity contribution in [2.75, 3.05) is 32.7 Å². The zero-order valence-corrected chi connectivity index (χ0v) is 17.4. The van der Waals surface area contributed by atoms with Gasteiger partial charge in [-0.05, 0) is 50.8 Å². The molecule has 0 saturated carbocycles. The number of benzene rings is 1. The molecule has 0 unspecified atom stereocenters. The molecule has 31 heavy (non-hydrogen) atoms. The lowest BCUT2D eigenvalue weighted by atomic mass is 9.94. The second-order valence-electron chi connectivity index (χ2n) is 8.42. The number of carbonyl (C=O) groups is 1. The summed E-state index contributed by atoms with van der Waals surface area (Å²) in [6.07, 6.45) is 4.01. The summed E-state index contributed by atoms with van der Waals surface area (Å²) in [7, 11) is 0. The topological polar surface area (TPSA) is 49.3 Å². The molecule has 1 amide bonds. The van der Waals surface area contributed by atoms with Gasteiger partial charge in [-0.15, -0.1) is 0 Å². The van der Waals surface area contributed by atoms with E-state index in [4.69, 9.17) is 0 Å². The predicted molar refractivity (Wildman–Crippen MR) is 111 cm³/mol. The van der Waals surface area contributed by atoms with Crippen molar-refractivity contribution in [1.82, 2.24) is 19.8 Å². The summed E-state index contributed by atoms with van der Waals surface area (Å²) in [4.78, 5) is 25.6. The van der Waals surface area contributed by atoms with Crippen LogP contribution in [0.25, 0.3) is 11.3 Å². The number of likely N-dealkylation sites (tertiary alicyclic amines) is 2. The normalized spacial score (nSPS) is 20.6. The molecule has 1 aromatic carbocycles. The van der Waals surface area contributed by atoms with Gasteiger partial charge in [0.1, 0.15) is 0 Å². The Bertz CT molecular complexity index is 912. The van der Waals surface area contributed by atoms with E-state index in [0.29, 0.717) is 24.3 Å². The highest BCUT2D eigenvalue weighted by Gasteiger charge is 2.31. The quantitative estimate of drug-likeness (QED) is 0.721. The third-order valence-electron chi connectivity index (χ3n) is 6.13. The lowest BCUT2D eigenvalue weighted by Crippen LogP contribution is -2.45. The van der Waals surface area contributed by atoms with Crippen LogP contribution in [0.2, 0.25) is 0 Å². The van der Waals surface area contributed by atoms with Crippen LogP contribution in [0, 0.1) is 0 Å². The number of halogens is 3. The van der Waals surface area contributed by atoms with Gasteiger partial charge in [-0.1, -0.05) is 12.1 Å². The van der Waals surface area contributed by atoms with Gasteiger partial charge in [0.15, 0.2) is 0 Å². The van der Waals surface area contributed by atoms with Crippen molar-refractivity contribution in [3.05, 3.63) is 47.9 Å². The minimum Gasteiger partial charge on any atom is -0.342 e. The summed E-state index contributed by atoms with van der Waals surface area (Å²) in [5.41, 5.74) is 0.907. The summed E-state index contributed by atoms with van der Waals surface area (Å²) in [6, 6.07) is 5.17. The third kappa shape index (κ3) is 5.42. The molecule has 0 aliphatic carbocycles. The van der Waals surface area contributed by atoms with Crippen LogP contribution in [0.1, 0.15) is 49.3 Å². The maximum Gasteiger partial charge on any atom is 0.416 e. The van der Waals surface area contributed by atoms with Gasteiger partial charge in [0, 0.05) is 37.3 Å². The Balaban J connectivity index is 1.45. The van der Waals surface area contributed by atoms with Gasteiger partial charge >= 0.3 is 6.18 Å². The first-order valence-corrected chi connectivity index (χ1v) is 10.9. The summed E-state index contributed by atoms with van der Waals surface area (Å²) in [5, 5.41) is 0. The highest BCUT2D eigenvalue weighted by molar-refractivity contribution is 5.78. The average molecular weight is 432 g/mol. The van der Waals surface area contributed by atoms with E-state index < -0.39 is 11.7 Å². The lowest BCUT2D eigenvalue weighted by molar-refractivity contribution is -0.137. The maximum atomic E-state index is 13.1. The molecule has 166 valence electrons. The Morgan fingerprint density at radius 2 is 1.87 bits per heavy atom. The fraction of sp³-hybridized carbons (Fsp3) is 0.522. The standard InChI is InChI=1S/C23H27F3N4O/c24-23(25,26)19-8-4-6-17(12-19)20-13-27-14-21(28-20)18-7-5-9-29(15-18)16-22(31)30-10-2-1-3-11-30/h4,6,8,12-14,18H,1-3,5,7,9-11,15-16H2/t18-/m0/s1. The summed E-state index contributed by atoms with van der Waals surface area (Å²) in [6.45, 7) is 3.69. The van der Waals surface area contributed by atoms with E-state index in [2.05, 4.69) is 14.9 Å². The molecule has 5 nitrogen and oxygen atoms in total. The predicted octanol–water partition coefficient (Wildman–Crippen LogP) is 4.35. The number of alkyl halides is 3. The molecule has 3 heterocycles. The molecule has 2 aromatic rings. The van der Waals surface area contributed by atoms with Gasteiger partial charge in [-0.2, -0.15) is 13.2 Å². The van der Waals surface area contributed by atoms with Crippen molar-refractivity contribution in [2.45, 2.75) is 44.2 Å². The molecule has 2 saturated heterocycles. The van der Waals surface area contributed by atoms with Crippen LogP contribution >= 0.6 is 0 Å². The van der Waals surface area contributed by atoms with E-state index >= 15 is 0 Å². The maximum absolute atomic E-state index is 13.1. The zero-order valence-electron chi connectivity index (χ0n) is 17.4. The third-order valence-corrected chi connectivity index (χ3v) is 6.13. The second kappa shape index (κ2) is 9.34. The summed E-state index contributed by atoms with van der Waals surface area (Å²) in [5.74, 6) is 0.297. The van der Waals surface area contributed by atoms with E-state index in [1.54, 1.807) is 12.3 Å². The molecule has 1 atom stereocenters. The first kappa shape index (κ1) is 21.7. The molecule has 0 radical (unpaired) electrons. The first-order chi connectivity index (χ1) is 14.9. The number of hydrogen-bond donors (Lipinski definition) is 0. The lowest BCUT2D eigenvalue weighted by Gasteiger charge is -2.34. The fourth-order valence-corrected chi connectivity index (χ4v) is 4.45. The minimum atomic E-state index is -4.40. The molecule has 1 aromatic heterocycles. The molecule has 2 fully saturated rings. The van der Waals surface area contributed by atoms with Gasteiger partial charge in [0.05, 0.1) is 29.7 Å². The van der Waals surface area contributed by atoms with Crippen LogP contribution in [0.3, 0.4) is 0 Å². The first-order valence-electron chi connectivity index (χ1n) is 10.9. The molecule has 0 N–H and O–H groups in total. The fourth-order valence-electron chi connectivity index (χ4n) is 4.45. The number of amides is 1. The number of carbonyl (C=O) groups excluding carboxylic acids is 1. The molecular weight excluding hydrogens is 405 g/mol. The van der Waals surface area contributed by atoms with Gasteiger partial charge < -0.3 is 4.90 Å². The van der Waals surface area contributed by atoms with Crippen molar-refractivity contribution in [3.8, 4) is 11.3 Å². The van der Waals surface area contributed by atoms with Crippen LogP contribution in [0.15, 0.2) is 36.7 Å². The van der Waals surface area contributed by atoms with E-state index in [-0.39, 0.29) is 11.8 Å². The zero-order chi connectivity index (χ0) is 21.8. The number of aromatic nitrogens is 2. The molecule has 2 aliphatic rings. The van der Waals surface area contributed by atoms with Crippen molar-refractivity contribution < 1.29 is 18.0 Å². The number of rotatable bonds is 4. The molecule has 8 heteroatoms. The minimum absolute atomic E-state index is 0.112. The number of piperidine rings is 2. The van der Waals surface area contributed by atoms with E-state index in [9.17, 15) is 18.0 Å². The van der Waals surface area contributed by atoms with Crippen LogP contribution in [0.5, 0.6) is 0 Å². The molecule has 0 bridgehead atoms. The van der Waals surface area contributed by atoms with Gasteiger partial charge in [-0.3, -0.25) is 14.7 Å². The smallest absolute Gasteiger partial charge is 0.342 e. The van der Waals surface area contributed by atoms with Crippen LogP contribution < -0.4 is 0 Å². The molecule has 0 spiro atoms. The van der Waals surface area contributed by atoms with Crippen molar-refractivity contribution in [2.24, 2.45) is 0 Å². The Morgan fingerprint density at radius 1 is 1.06 bits per heavy atom. The van der Waals surface area contributed by atoms with E-state index in [0.717, 1.165) is 63.1 Å². The molecule has 2 aliphatic heterocycles. The van der Waals surface area contributed by atoms with Gasteiger partial charge in [0.2, 0.25) is 5.91 Å². The Kier molecular flexibility index (Phi) is 6.55. The van der Waals surface area contributed by atoms with Crippen LogP contribution in [-0.2, 0) is 11.0 Å². The second-order valence-corrected chi connectivity index (χ2v) is 8.42. The van der Waals surface area contributed by atoms with Crippen molar-refractivity contribution in [1.29, 1.82) is 0 Å². The Labute approximate surface area is 180 Å². The van der Waals surface area contributed by atoms with E-state index in [1.165, 1.54) is 18.7 Å². The highest BCUT2D eigenvalue weighted by Crippen LogP contribution is 2.32. The Hall–Kier alpha value is -2.48. The largest absolute Gasteiger partial charge is 0.416 e. The highest BCUT2D eigenvalue weighted by atomic mass is 19.4. The van der Waals surface area contributed by atoms with Crippen LogP contribution in [0.4, 0.5) is 13.2 Å². The summed E-state index contributed by atoms with van der Waals surface area (Å²) >= 11 is 0. The Morgan fingerprint density at radius 3 is 2.65 bits per heavy atom.